The molecule has 0 fully saturated rings. The number of benzene rings is 1. The predicted octanol–water partition coefficient (Wildman–Crippen LogP) is 2.98. The van der Waals surface area contributed by atoms with Gasteiger partial charge in [0, 0.05) is 42.6 Å². The molecule has 0 spiro atoms. The van der Waals surface area contributed by atoms with Crippen molar-refractivity contribution in [2.45, 2.75) is 13.0 Å². The van der Waals surface area contributed by atoms with Gasteiger partial charge >= 0.3 is 6.03 Å². The average molecular weight is 338 g/mol. The van der Waals surface area contributed by atoms with E-state index >= 15 is 0 Å². The Morgan fingerprint density at radius 3 is 3.08 bits per heavy atom. The molecule has 128 valence electrons. The van der Waals surface area contributed by atoms with Crippen LogP contribution in [0.5, 0.6) is 11.5 Å². The maximum atomic E-state index is 12.0. The van der Waals surface area contributed by atoms with E-state index in [1.807, 2.05) is 24.4 Å². The Hall–Kier alpha value is -3.22. The standard InChI is InChI=1S/C18H18N4O3/c23-18(21-14-4-5-15-16(11-14)25-12-24-15)20-8-2-9-22-10-6-13-3-1-7-19-17(13)22/h1,3-7,10-11H,2,8-9,12H2,(H2,20,21,23). The van der Waals surface area contributed by atoms with Crippen molar-refractivity contribution < 1.29 is 14.3 Å². The highest BCUT2D eigenvalue weighted by Crippen LogP contribution is 2.34. The molecule has 2 N–H and O–H groups in total. The Kier molecular flexibility index (Phi) is 4.12. The fourth-order valence-electron chi connectivity index (χ4n) is 2.80. The molecule has 0 aliphatic carbocycles. The summed E-state index contributed by atoms with van der Waals surface area (Å²) in [6.45, 7) is 1.58. The van der Waals surface area contributed by atoms with Crippen LogP contribution in [-0.4, -0.2) is 28.9 Å². The molecule has 3 heterocycles. The van der Waals surface area contributed by atoms with Gasteiger partial charge in [0.15, 0.2) is 11.5 Å². The van der Waals surface area contributed by atoms with E-state index in [9.17, 15) is 4.79 Å². The van der Waals surface area contributed by atoms with Crippen molar-refractivity contribution in [3.63, 3.8) is 0 Å². The molecular weight excluding hydrogens is 320 g/mol. The van der Waals surface area contributed by atoms with Crippen LogP contribution < -0.4 is 20.1 Å². The number of carbonyl (C=O) groups excluding carboxylic acids is 1. The molecule has 0 atom stereocenters. The lowest BCUT2D eigenvalue weighted by atomic mass is 10.3. The molecule has 1 aliphatic heterocycles. The molecule has 2 amide bonds. The van der Waals surface area contributed by atoms with E-state index in [0.29, 0.717) is 23.7 Å². The Bertz CT molecular complexity index is 906. The molecule has 1 aromatic carbocycles. The van der Waals surface area contributed by atoms with Crippen LogP contribution in [0.4, 0.5) is 10.5 Å². The summed E-state index contributed by atoms with van der Waals surface area (Å²) in [6, 6.07) is 11.1. The molecule has 0 saturated carbocycles. The number of urea groups is 1. The van der Waals surface area contributed by atoms with Crippen LogP contribution in [0.3, 0.4) is 0 Å². The van der Waals surface area contributed by atoms with Crippen LogP contribution in [0.15, 0.2) is 48.8 Å². The minimum atomic E-state index is -0.241. The molecule has 2 aromatic heterocycles. The van der Waals surface area contributed by atoms with Gasteiger partial charge in [0.2, 0.25) is 6.79 Å². The normalized spacial score (nSPS) is 12.3. The number of aryl methyl sites for hydroxylation is 1. The van der Waals surface area contributed by atoms with Gasteiger partial charge in [-0.2, -0.15) is 0 Å². The van der Waals surface area contributed by atoms with Gasteiger partial charge in [-0.3, -0.25) is 0 Å². The van der Waals surface area contributed by atoms with Gasteiger partial charge in [-0.1, -0.05) is 0 Å². The van der Waals surface area contributed by atoms with E-state index in [1.165, 1.54) is 0 Å². The lowest BCUT2D eigenvalue weighted by Gasteiger charge is -2.09. The van der Waals surface area contributed by atoms with Crippen LogP contribution in [0, 0.1) is 0 Å². The van der Waals surface area contributed by atoms with Crippen molar-refractivity contribution in [1.82, 2.24) is 14.9 Å². The number of nitrogens with one attached hydrogen (secondary N) is 2. The molecule has 7 heteroatoms. The maximum absolute atomic E-state index is 12.0. The van der Waals surface area contributed by atoms with Gasteiger partial charge in [0.1, 0.15) is 5.65 Å². The topological polar surface area (TPSA) is 77.4 Å². The smallest absolute Gasteiger partial charge is 0.319 e. The third-order valence-electron chi connectivity index (χ3n) is 4.01. The highest BCUT2D eigenvalue weighted by Gasteiger charge is 2.13. The Morgan fingerprint density at radius 1 is 1.20 bits per heavy atom. The highest BCUT2D eigenvalue weighted by atomic mass is 16.7. The number of anilines is 1. The fraction of sp³-hybridized carbons (Fsp3) is 0.222. The van der Waals surface area contributed by atoms with Crippen LogP contribution in [0.2, 0.25) is 0 Å². The van der Waals surface area contributed by atoms with Crippen molar-refractivity contribution in [3.8, 4) is 11.5 Å². The minimum absolute atomic E-state index is 0.216. The zero-order valence-corrected chi connectivity index (χ0v) is 13.6. The lowest BCUT2D eigenvalue weighted by molar-refractivity contribution is 0.174. The Balaban J connectivity index is 1.25. The SMILES string of the molecule is O=C(NCCCn1ccc2cccnc21)Nc1ccc2c(c1)OCO2. The number of nitrogens with zero attached hydrogens (tertiary/aromatic N) is 2. The summed E-state index contributed by atoms with van der Waals surface area (Å²) < 4.78 is 12.6. The second-order valence-electron chi connectivity index (χ2n) is 5.73. The molecule has 3 aromatic rings. The van der Waals surface area contributed by atoms with E-state index in [1.54, 1.807) is 24.4 Å². The Morgan fingerprint density at radius 2 is 2.12 bits per heavy atom. The first-order chi connectivity index (χ1) is 12.3. The number of fused-ring (bicyclic) bond motifs is 2. The predicted molar refractivity (Wildman–Crippen MR) is 93.9 cm³/mol. The van der Waals surface area contributed by atoms with E-state index < -0.39 is 0 Å². The van der Waals surface area contributed by atoms with Gasteiger partial charge in [-0.15, -0.1) is 0 Å². The second-order valence-corrected chi connectivity index (χ2v) is 5.73. The van der Waals surface area contributed by atoms with Crippen LogP contribution in [0.1, 0.15) is 6.42 Å². The first kappa shape index (κ1) is 15.3. The van der Waals surface area contributed by atoms with Gasteiger partial charge in [-0.05, 0) is 36.8 Å². The van der Waals surface area contributed by atoms with Crippen molar-refractivity contribution >= 4 is 22.8 Å². The fourth-order valence-corrected chi connectivity index (χ4v) is 2.80. The third kappa shape index (κ3) is 3.35. The summed E-state index contributed by atoms with van der Waals surface area (Å²) in [5.74, 6) is 1.34. The number of hydrogen-bond acceptors (Lipinski definition) is 4. The molecule has 0 bridgehead atoms. The van der Waals surface area contributed by atoms with Gasteiger partial charge in [0.25, 0.3) is 0 Å². The van der Waals surface area contributed by atoms with E-state index in [0.717, 1.165) is 24.0 Å². The molecule has 25 heavy (non-hydrogen) atoms. The summed E-state index contributed by atoms with van der Waals surface area (Å²) in [5.41, 5.74) is 1.63. The number of carbonyl (C=O) groups is 1. The number of aromatic nitrogens is 2. The largest absolute Gasteiger partial charge is 0.454 e. The van der Waals surface area contributed by atoms with Crippen LogP contribution in [-0.2, 0) is 6.54 Å². The summed E-state index contributed by atoms with van der Waals surface area (Å²) >= 11 is 0. The zero-order chi connectivity index (χ0) is 17.1. The molecule has 0 unspecified atom stereocenters. The van der Waals surface area contributed by atoms with Crippen molar-refractivity contribution in [2.75, 3.05) is 18.7 Å². The maximum Gasteiger partial charge on any atom is 0.319 e. The number of ether oxygens (including phenoxy) is 2. The van der Waals surface area contributed by atoms with Crippen molar-refractivity contribution in [3.05, 3.63) is 48.8 Å². The third-order valence-corrected chi connectivity index (χ3v) is 4.01. The van der Waals surface area contributed by atoms with Crippen LogP contribution in [0.25, 0.3) is 11.0 Å². The van der Waals surface area contributed by atoms with E-state index in [-0.39, 0.29) is 12.8 Å². The molecule has 1 aliphatic rings. The summed E-state index contributed by atoms with van der Waals surface area (Å²) in [5, 5.41) is 6.76. The summed E-state index contributed by atoms with van der Waals surface area (Å²) in [7, 11) is 0. The van der Waals surface area contributed by atoms with Gasteiger partial charge in [0.05, 0.1) is 0 Å². The van der Waals surface area contributed by atoms with E-state index in [4.69, 9.17) is 9.47 Å². The minimum Gasteiger partial charge on any atom is -0.454 e. The van der Waals surface area contributed by atoms with Crippen molar-refractivity contribution in [2.24, 2.45) is 0 Å². The quantitative estimate of drug-likeness (QED) is 0.701. The number of rotatable bonds is 5. The van der Waals surface area contributed by atoms with Gasteiger partial charge in [-0.25, -0.2) is 9.78 Å². The monoisotopic (exact) mass is 338 g/mol. The second kappa shape index (κ2) is 6.72. The van der Waals surface area contributed by atoms with Crippen molar-refractivity contribution in [1.29, 1.82) is 0 Å². The molecule has 4 rings (SSSR count). The summed E-state index contributed by atoms with van der Waals surface area (Å²) in [4.78, 5) is 16.4. The lowest BCUT2D eigenvalue weighted by Crippen LogP contribution is -2.30. The van der Waals surface area contributed by atoms with Gasteiger partial charge < -0.3 is 24.7 Å². The first-order valence-corrected chi connectivity index (χ1v) is 8.14. The number of pyridine rings is 1. The molecule has 7 nitrogen and oxygen atoms in total. The Labute approximate surface area is 144 Å². The summed E-state index contributed by atoms with van der Waals surface area (Å²) in [6.07, 6.45) is 4.62. The van der Waals surface area contributed by atoms with E-state index in [2.05, 4.69) is 20.2 Å². The zero-order valence-electron chi connectivity index (χ0n) is 13.6. The average Bonchev–Trinajstić information content (AvgIpc) is 3.25. The van der Waals surface area contributed by atoms with Crippen LogP contribution >= 0.6 is 0 Å². The highest BCUT2D eigenvalue weighted by molar-refractivity contribution is 5.89. The first-order valence-electron chi connectivity index (χ1n) is 8.14. The number of hydrogen-bond donors (Lipinski definition) is 2. The molecule has 0 saturated heterocycles. The molecule has 0 radical (unpaired) electrons. The number of amides is 2. The molecular formula is C18H18N4O3.